The van der Waals surface area contributed by atoms with Crippen LogP contribution in [0.3, 0.4) is 0 Å². The monoisotopic (exact) mass is 246 g/mol. The molecule has 0 bridgehead atoms. The molecule has 1 N–H and O–H groups in total. The van der Waals surface area contributed by atoms with E-state index in [1.807, 2.05) is 11.8 Å². The van der Waals surface area contributed by atoms with Gasteiger partial charge in [-0.2, -0.15) is 11.8 Å². The molecule has 92 valence electrons. The zero-order valence-corrected chi connectivity index (χ0v) is 10.1. The third kappa shape index (κ3) is 3.37. The highest BCUT2D eigenvalue weighted by atomic mass is 32.2. The van der Waals surface area contributed by atoms with Gasteiger partial charge in [-0.05, 0) is 25.0 Å². The smallest absolute Gasteiger partial charge is 0.303 e. The molecule has 2 aliphatic rings. The fraction of sp³-hybridized carbons (Fsp3) is 0.909. The van der Waals surface area contributed by atoms with Crippen LogP contribution in [-0.4, -0.2) is 41.6 Å². The first-order valence-corrected chi connectivity index (χ1v) is 6.98. The highest BCUT2D eigenvalue weighted by Crippen LogP contribution is 2.31. The van der Waals surface area contributed by atoms with E-state index in [1.165, 1.54) is 18.6 Å². The average Bonchev–Trinajstić information content (AvgIpc) is 2.76. The van der Waals surface area contributed by atoms with Crippen LogP contribution in [0.1, 0.15) is 25.7 Å². The summed E-state index contributed by atoms with van der Waals surface area (Å²) < 4.78 is 11.4. The van der Waals surface area contributed by atoms with Gasteiger partial charge in [-0.1, -0.05) is 0 Å². The molecule has 2 saturated heterocycles. The summed E-state index contributed by atoms with van der Waals surface area (Å²) in [6.45, 7) is 0.555. The van der Waals surface area contributed by atoms with Crippen molar-refractivity contribution in [3.8, 4) is 0 Å². The van der Waals surface area contributed by atoms with Crippen LogP contribution in [0.4, 0.5) is 0 Å². The fourth-order valence-electron chi connectivity index (χ4n) is 2.13. The zero-order valence-electron chi connectivity index (χ0n) is 9.26. The van der Waals surface area contributed by atoms with Gasteiger partial charge < -0.3 is 14.6 Å². The van der Waals surface area contributed by atoms with E-state index in [1.54, 1.807) is 0 Å². The lowest BCUT2D eigenvalue weighted by Gasteiger charge is -2.25. The lowest BCUT2D eigenvalue weighted by molar-refractivity contribution is -0.138. The lowest BCUT2D eigenvalue weighted by Crippen LogP contribution is -2.27. The molecule has 0 radical (unpaired) electrons. The standard InChI is InChI=1S/C11H18O4S/c12-10(13)4-3-9-6-14-11(15-9)8-2-1-5-16-7-8/h8-9,11H,1-7H2,(H,12,13). The number of thioether (sulfide) groups is 1. The molecule has 0 aromatic rings. The maximum atomic E-state index is 10.4. The van der Waals surface area contributed by atoms with E-state index in [9.17, 15) is 4.79 Å². The molecule has 0 aromatic heterocycles. The van der Waals surface area contributed by atoms with E-state index < -0.39 is 5.97 Å². The lowest BCUT2D eigenvalue weighted by atomic mass is 10.1. The topological polar surface area (TPSA) is 55.8 Å². The molecule has 3 atom stereocenters. The number of carboxylic acids is 1. The Hall–Kier alpha value is -0.260. The van der Waals surface area contributed by atoms with Crippen LogP contribution in [-0.2, 0) is 14.3 Å². The molecule has 5 heteroatoms. The van der Waals surface area contributed by atoms with Gasteiger partial charge in [0.1, 0.15) is 0 Å². The third-order valence-electron chi connectivity index (χ3n) is 3.03. The highest BCUT2D eigenvalue weighted by Gasteiger charge is 2.33. The van der Waals surface area contributed by atoms with Crippen molar-refractivity contribution in [2.75, 3.05) is 18.1 Å². The Morgan fingerprint density at radius 2 is 2.38 bits per heavy atom. The predicted octanol–water partition coefficient (Wildman–Crippen LogP) is 1.74. The van der Waals surface area contributed by atoms with Crippen molar-refractivity contribution in [2.45, 2.75) is 38.1 Å². The zero-order chi connectivity index (χ0) is 11.4. The molecule has 16 heavy (non-hydrogen) atoms. The van der Waals surface area contributed by atoms with Crippen molar-refractivity contribution in [1.82, 2.24) is 0 Å². The Morgan fingerprint density at radius 1 is 1.50 bits per heavy atom. The van der Waals surface area contributed by atoms with Gasteiger partial charge in [0.15, 0.2) is 6.29 Å². The number of hydrogen-bond donors (Lipinski definition) is 1. The average molecular weight is 246 g/mol. The molecular formula is C11H18O4S. The van der Waals surface area contributed by atoms with E-state index in [2.05, 4.69) is 0 Å². The van der Waals surface area contributed by atoms with Crippen LogP contribution in [0.5, 0.6) is 0 Å². The van der Waals surface area contributed by atoms with Crippen LogP contribution in [0.2, 0.25) is 0 Å². The maximum absolute atomic E-state index is 10.4. The Kier molecular flexibility index (Phi) is 4.49. The van der Waals surface area contributed by atoms with Gasteiger partial charge >= 0.3 is 5.97 Å². The second-order valence-electron chi connectivity index (χ2n) is 4.37. The summed E-state index contributed by atoms with van der Waals surface area (Å²) in [5, 5.41) is 8.59. The molecule has 2 rings (SSSR count). The third-order valence-corrected chi connectivity index (χ3v) is 4.27. The van der Waals surface area contributed by atoms with E-state index in [0.717, 1.165) is 5.75 Å². The van der Waals surface area contributed by atoms with Crippen LogP contribution in [0.15, 0.2) is 0 Å². The van der Waals surface area contributed by atoms with Crippen molar-refractivity contribution >= 4 is 17.7 Å². The molecule has 0 aliphatic carbocycles. The number of ether oxygens (including phenoxy) is 2. The minimum absolute atomic E-state index is 0.0203. The normalized spacial score (nSPS) is 35.1. The first-order valence-electron chi connectivity index (χ1n) is 5.82. The van der Waals surface area contributed by atoms with Crippen molar-refractivity contribution in [2.24, 2.45) is 5.92 Å². The maximum Gasteiger partial charge on any atom is 0.303 e. The van der Waals surface area contributed by atoms with Crippen molar-refractivity contribution in [1.29, 1.82) is 0 Å². The van der Waals surface area contributed by atoms with Gasteiger partial charge in [-0.3, -0.25) is 4.79 Å². The number of aliphatic carboxylic acids is 1. The van der Waals surface area contributed by atoms with Gasteiger partial charge in [-0.25, -0.2) is 0 Å². The molecule has 2 heterocycles. The minimum atomic E-state index is -0.764. The molecule has 3 unspecified atom stereocenters. The van der Waals surface area contributed by atoms with Gasteiger partial charge in [0.05, 0.1) is 12.7 Å². The van der Waals surface area contributed by atoms with Crippen LogP contribution < -0.4 is 0 Å². The summed E-state index contributed by atoms with van der Waals surface area (Å²) in [4.78, 5) is 10.4. The largest absolute Gasteiger partial charge is 0.481 e. The van der Waals surface area contributed by atoms with E-state index in [0.29, 0.717) is 18.9 Å². The fourth-order valence-corrected chi connectivity index (χ4v) is 3.30. The van der Waals surface area contributed by atoms with Crippen LogP contribution >= 0.6 is 11.8 Å². The summed E-state index contributed by atoms with van der Waals surface area (Å²) in [6, 6.07) is 0. The molecule has 2 fully saturated rings. The van der Waals surface area contributed by atoms with Gasteiger partial charge in [0.25, 0.3) is 0 Å². The summed E-state index contributed by atoms with van der Waals surface area (Å²) >= 11 is 1.96. The SMILES string of the molecule is O=C(O)CCC1COC(C2CCCSC2)O1. The molecule has 0 aromatic carbocycles. The Bertz CT molecular complexity index is 240. The van der Waals surface area contributed by atoms with Gasteiger partial charge in [0.2, 0.25) is 0 Å². The number of carboxylic acid groups (broad SMARTS) is 1. The molecular weight excluding hydrogens is 228 g/mol. The molecule has 2 aliphatic heterocycles. The summed E-state index contributed by atoms with van der Waals surface area (Å²) in [7, 11) is 0. The molecule has 4 nitrogen and oxygen atoms in total. The molecule has 0 amide bonds. The molecule has 0 spiro atoms. The van der Waals surface area contributed by atoms with Crippen LogP contribution in [0.25, 0.3) is 0 Å². The Balaban J connectivity index is 1.72. The number of rotatable bonds is 4. The van der Waals surface area contributed by atoms with Crippen molar-refractivity contribution < 1.29 is 19.4 Å². The van der Waals surface area contributed by atoms with Gasteiger partial charge in [0, 0.05) is 18.1 Å². The van der Waals surface area contributed by atoms with Gasteiger partial charge in [-0.15, -0.1) is 0 Å². The second kappa shape index (κ2) is 5.89. The number of hydrogen-bond acceptors (Lipinski definition) is 4. The number of carbonyl (C=O) groups is 1. The summed E-state index contributed by atoms with van der Waals surface area (Å²) in [5.41, 5.74) is 0. The van der Waals surface area contributed by atoms with E-state index >= 15 is 0 Å². The van der Waals surface area contributed by atoms with E-state index in [-0.39, 0.29) is 18.8 Å². The first-order chi connectivity index (χ1) is 7.75. The molecule has 0 saturated carbocycles. The first kappa shape index (κ1) is 12.2. The predicted molar refractivity (Wildman–Crippen MR) is 61.5 cm³/mol. The summed E-state index contributed by atoms with van der Waals surface area (Å²) in [6.07, 6.45) is 3.02. The Morgan fingerprint density at radius 3 is 3.06 bits per heavy atom. The quantitative estimate of drug-likeness (QED) is 0.818. The summed E-state index contributed by atoms with van der Waals surface area (Å²) in [5.74, 6) is 2.08. The van der Waals surface area contributed by atoms with Crippen molar-refractivity contribution in [3.05, 3.63) is 0 Å². The minimum Gasteiger partial charge on any atom is -0.481 e. The second-order valence-corrected chi connectivity index (χ2v) is 5.52. The van der Waals surface area contributed by atoms with Crippen molar-refractivity contribution in [3.63, 3.8) is 0 Å². The highest BCUT2D eigenvalue weighted by molar-refractivity contribution is 7.99. The van der Waals surface area contributed by atoms with Crippen LogP contribution in [0, 0.1) is 5.92 Å². The Labute approximate surface area is 99.7 Å². The van der Waals surface area contributed by atoms with E-state index in [4.69, 9.17) is 14.6 Å².